The lowest BCUT2D eigenvalue weighted by atomic mass is 10.0. The highest BCUT2D eigenvalue weighted by Gasteiger charge is 2.15. The molecule has 0 bridgehead atoms. The van der Waals surface area contributed by atoms with Gasteiger partial charge in [-0.15, -0.1) is 11.6 Å². The van der Waals surface area contributed by atoms with E-state index in [1.807, 2.05) is 31.2 Å². The van der Waals surface area contributed by atoms with Crippen molar-refractivity contribution in [3.63, 3.8) is 0 Å². The molecule has 0 radical (unpaired) electrons. The van der Waals surface area contributed by atoms with Crippen molar-refractivity contribution in [3.05, 3.63) is 24.3 Å². The van der Waals surface area contributed by atoms with Crippen LogP contribution in [0.4, 0.5) is 0 Å². The zero-order chi connectivity index (χ0) is 14.1. The fourth-order valence-corrected chi connectivity index (χ4v) is 2.19. The molecule has 0 fully saturated rings. The van der Waals surface area contributed by atoms with E-state index < -0.39 is 0 Å². The molecule has 19 heavy (non-hydrogen) atoms. The van der Waals surface area contributed by atoms with Crippen LogP contribution in [0.5, 0.6) is 11.5 Å². The first-order valence-corrected chi connectivity index (χ1v) is 7.28. The van der Waals surface area contributed by atoms with Gasteiger partial charge < -0.3 is 14.8 Å². The Morgan fingerprint density at radius 1 is 1.16 bits per heavy atom. The standard InChI is InChI=1S/C15H24ClNO2/c1-4-18-13-7-5-6-8-14(13)19-12-11-17-15(2,3)9-10-16/h5-8,17H,4,9-12H2,1-3H3. The topological polar surface area (TPSA) is 30.5 Å². The fourth-order valence-electron chi connectivity index (χ4n) is 1.72. The molecule has 0 spiro atoms. The van der Waals surface area contributed by atoms with Gasteiger partial charge in [-0.1, -0.05) is 12.1 Å². The second-order valence-electron chi connectivity index (χ2n) is 4.98. The first-order chi connectivity index (χ1) is 9.09. The third-order valence-electron chi connectivity index (χ3n) is 2.83. The second kappa shape index (κ2) is 8.28. The van der Waals surface area contributed by atoms with Crippen LogP contribution < -0.4 is 14.8 Å². The van der Waals surface area contributed by atoms with E-state index >= 15 is 0 Å². The van der Waals surface area contributed by atoms with Crippen LogP contribution in [-0.4, -0.2) is 31.2 Å². The quantitative estimate of drug-likeness (QED) is 0.557. The Morgan fingerprint density at radius 3 is 2.37 bits per heavy atom. The molecule has 0 aliphatic carbocycles. The van der Waals surface area contributed by atoms with Crippen LogP contribution in [0.3, 0.4) is 0 Å². The van der Waals surface area contributed by atoms with Crippen LogP contribution in [0, 0.1) is 0 Å². The molecule has 1 aromatic carbocycles. The Kier molecular flexibility index (Phi) is 7.03. The third-order valence-corrected chi connectivity index (χ3v) is 3.02. The summed E-state index contributed by atoms with van der Waals surface area (Å²) < 4.78 is 11.3. The molecule has 1 aromatic rings. The van der Waals surface area contributed by atoms with Crippen molar-refractivity contribution in [2.24, 2.45) is 0 Å². The van der Waals surface area contributed by atoms with Crippen molar-refractivity contribution < 1.29 is 9.47 Å². The maximum absolute atomic E-state index is 5.76. The molecule has 0 aromatic heterocycles. The summed E-state index contributed by atoms with van der Waals surface area (Å²) in [6.45, 7) is 8.28. The number of hydrogen-bond donors (Lipinski definition) is 1. The van der Waals surface area contributed by atoms with Crippen LogP contribution in [-0.2, 0) is 0 Å². The number of hydrogen-bond acceptors (Lipinski definition) is 3. The number of halogens is 1. The maximum Gasteiger partial charge on any atom is 0.161 e. The summed E-state index contributed by atoms with van der Waals surface area (Å²) in [5.74, 6) is 2.25. The van der Waals surface area contributed by atoms with Crippen molar-refractivity contribution in [3.8, 4) is 11.5 Å². The summed E-state index contributed by atoms with van der Waals surface area (Å²) in [5.41, 5.74) is 0.0462. The highest BCUT2D eigenvalue weighted by Crippen LogP contribution is 2.26. The molecular formula is C15H24ClNO2. The minimum Gasteiger partial charge on any atom is -0.490 e. The molecule has 0 atom stereocenters. The van der Waals surface area contributed by atoms with Crippen molar-refractivity contribution in [1.29, 1.82) is 0 Å². The summed E-state index contributed by atoms with van der Waals surface area (Å²) in [4.78, 5) is 0. The van der Waals surface area contributed by atoms with Crippen molar-refractivity contribution in [2.75, 3.05) is 25.6 Å². The minimum absolute atomic E-state index is 0.0462. The van der Waals surface area contributed by atoms with Gasteiger partial charge in [0, 0.05) is 18.0 Å². The van der Waals surface area contributed by atoms with E-state index in [9.17, 15) is 0 Å². The molecule has 1 rings (SSSR count). The summed E-state index contributed by atoms with van der Waals surface area (Å²) in [7, 11) is 0. The van der Waals surface area contributed by atoms with Crippen LogP contribution >= 0.6 is 11.6 Å². The Labute approximate surface area is 121 Å². The van der Waals surface area contributed by atoms with E-state index in [0.29, 0.717) is 19.1 Å². The molecule has 0 saturated carbocycles. The van der Waals surface area contributed by atoms with Crippen LogP contribution in [0.1, 0.15) is 27.2 Å². The van der Waals surface area contributed by atoms with Gasteiger partial charge in [0.15, 0.2) is 11.5 Å². The van der Waals surface area contributed by atoms with Gasteiger partial charge in [0.25, 0.3) is 0 Å². The Balaban J connectivity index is 2.37. The first kappa shape index (κ1) is 16.1. The lowest BCUT2D eigenvalue weighted by Gasteiger charge is -2.25. The molecule has 0 aliphatic heterocycles. The normalized spacial score (nSPS) is 11.4. The highest BCUT2D eigenvalue weighted by molar-refractivity contribution is 6.17. The number of ether oxygens (including phenoxy) is 2. The third kappa shape index (κ3) is 6.17. The molecule has 0 heterocycles. The molecular weight excluding hydrogens is 262 g/mol. The molecule has 108 valence electrons. The van der Waals surface area contributed by atoms with Crippen molar-refractivity contribution in [1.82, 2.24) is 5.32 Å². The van der Waals surface area contributed by atoms with E-state index in [1.54, 1.807) is 0 Å². The van der Waals surface area contributed by atoms with E-state index in [2.05, 4.69) is 19.2 Å². The van der Waals surface area contributed by atoms with Gasteiger partial charge in [-0.25, -0.2) is 0 Å². The molecule has 4 heteroatoms. The summed E-state index contributed by atoms with van der Waals surface area (Å²) in [6.07, 6.45) is 0.935. The zero-order valence-corrected chi connectivity index (χ0v) is 12.8. The van der Waals surface area contributed by atoms with Gasteiger partial charge in [-0.2, -0.15) is 0 Å². The average Bonchev–Trinajstić information content (AvgIpc) is 2.37. The van der Waals surface area contributed by atoms with Crippen molar-refractivity contribution >= 4 is 11.6 Å². The van der Waals surface area contributed by atoms with Crippen LogP contribution in [0.2, 0.25) is 0 Å². The molecule has 0 saturated heterocycles. The van der Waals surface area contributed by atoms with Crippen LogP contribution in [0.25, 0.3) is 0 Å². The predicted octanol–water partition coefficient (Wildman–Crippen LogP) is 3.46. The second-order valence-corrected chi connectivity index (χ2v) is 5.36. The largest absolute Gasteiger partial charge is 0.490 e. The number of para-hydroxylation sites is 2. The van der Waals surface area contributed by atoms with Gasteiger partial charge in [0.1, 0.15) is 6.61 Å². The number of nitrogens with one attached hydrogen (secondary N) is 1. The lowest BCUT2D eigenvalue weighted by molar-refractivity contribution is 0.259. The number of benzene rings is 1. The van der Waals surface area contributed by atoms with Crippen LogP contribution in [0.15, 0.2) is 24.3 Å². The summed E-state index contributed by atoms with van der Waals surface area (Å²) >= 11 is 5.76. The summed E-state index contributed by atoms with van der Waals surface area (Å²) in [5, 5.41) is 3.43. The first-order valence-electron chi connectivity index (χ1n) is 6.74. The summed E-state index contributed by atoms with van der Waals surface area (Å²) in [6, 6.07) is 7.74. The van der Waals surface area contributed by atoms with Gasteiger partial charge in [-0.3, -0.25) is 0 Å². The molecule has 0 unspecified atom stereocenters. The van der Waals surface area contributed by atoms with Gasteiger partial charge in [0.2, 0.25) is 0 Å². The number of rotatable bonds is 9. The molecule has 0 amide bonds. The molecule has 3 nitrogen and oxygen atoms in total. The number of alkyl halides is 1. The van der Waals surface area contributed by atoms with E-state index in [1.165, 1.54) is 0 Å². The van der Waals surface area contributed by atoms with E-state index in [-0.39, 0.29) is 5.54 Å². The SMILES string of the molecule is CCOc1ccccc1OCCNC(C)(C)CCCl. The zero-order valence-electron chi connectivity index (χ0n) is 12.0. The van der Waals surface area contributed by atoms with E-state index in [4.69, 9.17) is 21.1 Å². The van der Waals surface area contributed by atoms with Gasteiger partial charge >= 0.3 is 0 Å². The monoisotopic (exact) mass is 285 g/mol. The van der Waals surface area contributed by atoms with Gasteiger partial charge in [0.05, 0.1) is 6.61 Å². The van der Waals surface area contributed by atoms with Gasteiger partial charge in [-0.05, 0) is 39.3 Å². The average molecular weight is 286 g/mol. The Bertz CT molecular complexity index is 369. The smallest absolute Gasteiger partial charge is 0.161 e. The maximum atomic E-state index is 5.76. The van der Waals surface area contributed by atoms with E-state index in [0.717, 1.165) is 24.5 Å². The highest BCUT2D eigenvalue weighted by atomic mass is 35.5. The lowest BCUT2D eigenvalue weighted by Crippen LogP contribution is -2.41. The Hall–Kier alpha value is -0.930. The predicted molar refractivity (Wildman–Crippen MR) is 80.5 cm³/mol. The fraction of sp³-hybridized carbons (Fsp3) is 0.600. The Morgan fingerprint density at radius 2 is 1.79 bits per heavy atom. The molecule has 1 N–H and O–H groups in total. The minimum atomic E-state index is 0.0462. The van der Waals surface area contributed by atoms with Crippen molar-refractivity contribution in [2.45, 2.75) is 32.7 Å². The molecule has 0 aliphatic rings.